The maximum Gasteiger partial charge on any atom is 0.0459 e. The number of hydrogen-bond donors (Lipinski definition) is 1. The largest absolute Gasteiger partial charge is 0.772 e. The van der Waals surface area contributed by atoms with Gasteiger partial charge in [-0.1, -0.05) is 17.1 Å². The van der Waals surface area contributed by atoms with E-state index in [4.69, 9.17) is 0 Å². The third-order valence-corrected chi connectivity index (χ3v) is 3.07. The quantitative estimate of drug-likeness (QED) is 0.792. The summed E-state index contributed by atoms with van der Waals surface area (Å²) in [4.78, 5) is 3.20. The smallest absolute Gasteiger partial charge is 0.0459 e. The predicted molar refractivity (Wildman–Crippen MR) is 60.4 cm³/mol. The summed E-state index contributed by atoms with van der Waals surface area (Å²) in [6.45, 7) is 3.90. The van der Waals surface area contributed by atoms with Crippen molar-refractivity contribution in [2.45, 2.75) is 19.6 Å². The molecule has 1 N–H and O–H groups in total. The fraction of sp³-hybridized carbons (Fsp3) is 0.273. The molecule has 0 spiro atoms. The maximum atomic E-state index is 10.8. The predicted octanol–water partition coefficient (Wildman–Crippen LogP) is 2.16. The second-order valence-electron chi connectivity index (χ2n) is 3.72. The number of H-pyrrole nitrogens is 1. The summed E-state index contributed by atoms with van der Waals surface area (Å²) in [6, 6.07) is 5.92. The number of rotatable bonds is 2. The van der Waals surface area contributed by atoms with Crippen LogP contribution >= 0.6 is 0 Å². The van der Waals surface area contributed by atoms with Gasteiger partial charge in [0, 0.05) is 22.3 Å². The molecule has 0 aliphatic rings. The number of aromatic amines is 1. The normalized spacial score (nSPS) is 13.3. The van der Waals surface area contributed by atoms with Crippen molar-refractivity contribution < 1.29 is 8.76 Å². The second-order valence-corrected chi connectivity index (χ2v) is 4.62. The summed E-state index contributed by atoms with van der Waals surface area (Å²) in [7, 11) is 0. The summed E-state index contributed by atoms with van der Waals surface area (Å²) >= 11 is -2.04. The lowest BCUT2D eigenvalue weighted by Gasteiger charge is -2.09. The second kappa shape index (κ2) is 3.79. The van der Waals surface area contributed by atoms with Crippen LogP contribution in [0.1, 0.15) is 16.8 Å². The molecule has 0 amide bonds. The van der Waals surface area contributed by atoms with Gasteiger partial charge in [0.1, 0.15) is 0 Å². The molecule has 3 nitrogen and oxygen atoms in total. The standard InChI is InChI=1S/C11H13NO2S/c1-7-3-4-11-9(5-8(2)12-11)10(7)6-15(13)14/h3-5,12H,6H2,1-2H3,(H,13,14)/p-1. The van der Waals surface area contributed by atoms with Crippen LogP contribution in [0.3, 0.4) is 0 Å². The van der Waals surface area contributed by atoms with E-state index in [2.05, 4.69) is 4.98 Å². The van der Waals surface area contributed by atoms with Crippen LogP contribution in [-0.2, 0) is 16.8 Å². The lowest BCUT2D eigenvalue weighted by Crippen LogP contribution is -1.96. The van der Waals surface area contributed by atoms with Gasteiger partial charge in [-0.15, -0.1) is 0 Å². The number of hydrogen-bond acceptors (Lipinski definition) is 2. The van der Waals surface area contributed by atoms with Gasteiger partial charge in [-0.3, -0.25) is 4.21 Å². The number of fused-ring (bicyclic) bond motifs is 1. The molecule has 0 fully saturated rings. The lowest BCUT2D eigenvalue weighted by molar-refractivity contribution is 0.536. The first kappa shape index (κ1) is 10.4. The molecule has 1 heterocycles. The first-order valence-electron chi connectivity index (χ1n) is 4.71. The molecule has 0 bridgehead atoms. The van der Waals surface area contributed by atoms with Crippen molar-refractivity contribution in [3.63, 3.8) is 0 Å². The van der Waals surface area contributed by atoms with Crippen LogP contribution in [0.25, 0.3) is 10.9 Å². The zero-order chi connectivity index (χ0) is 11.0. The van der Waals surface area contributed by atoms with Crippen LogP contribution in [0.5, 0.6) is 0 Å². The van der Waals surface area contributed by atoms with Gasteiger partial charge in [-0.25, -0.2) is 0 Å². The Hall–Kier alpha value is -1.13. The minimum absolute atomic E-state index is 0.0838. The van der Waals surface area contributed by atoms with E-state index in [-0.39, 0.29) is 5.75 Å². The van der Waals surface area contributed by atoms with Crippen molar-refractivity contribution >= 4 is 22.0 Å². The van der Waals surface area contributed by atoms with Crippen LogP contribution in [-0.4, -0.2) is 13.7 Å². The van der Waals surface area contributed by atoms with Crippen molar-refractivity contribution in [3.05, 3.63) is 35.0 Å². The van der Waals surface area contributed by atoms with Crippen molar-refractivity contribution in [1.29, 1.82) is 0 Å². The lowest BCUT2D eigenvalue weighted by atomic mass is 10.1. The van der Waals surface area contributed by atoms with Crippen molar-refractivity contribution in [2.75, 3.05) is 0 Å². The summed E-state index contributed by atoms with van der Waals surface area (Å²) in [5, 5.41) is 1.01. The summed E-state index contributed by atoms with van der Waals surface area (Å²) in [5.41, 5.74) is 3.96. The van der Waals surface area contributed by atoms with E-state index in [9.17, 15) is 8.76 Å². The zero-order valence-corrected chi connectivity index (χ0v) is 9.48. The molecule has 4 heteroatoms. The molecule has 1 unspecified atom stereocenters. The SMILES string of the molecule is Cc1cc2c(CS(=O)[O-])c(C)ccc2[nH]1. The van der Waals surface area contributed by atoms with Gasteiger partial charge < -0.3 is 9.54 Å². The highest BCUT2D eigenvalue weighted by Gasteiger charge is 2.06. The minimum Gasteiger partial charge on any atom is -0.772 e. The molecule has 0 saturated carbocycles. The van der Waals surface area contributed by atoms with E-state index in [0.717, 1.165) is 27.7 Å². The van der Waals surface area contributed by atoms with Crippen molar-refractivity contribution in [1.82, 2.24) is 4.98 Å². The Bertz CT molecular complexity index is 531. The third-order valence-electron chi connectivity index (χ3n) is 2.55. The first-order chi connectivity index (χ1) is 7.08. The van der Waals surface area contributed by atoms with Gasteiger partial charge in [-0.05, 0) is 37.1 Å². The molecule has 1 aromatic carbocycles. The highest BCUT2D eigenvalue weighted by atomic mass is 32.2. The van der Waals surface area contributed by atoms with Crippen molar-refractivity contribution in [3.8, 4) is 0 Å². The number of benzene rings is 1. The molecule has 0 aliphatic carbocycles. The Morgan fingerprint density at radius 1 is 1.40 bits per heavy atom. The number of nitrogens with one attached hydrogen (secondary N) is 1. The molecule has 2 aromatic rings. The Morgan fingerprint density at radius 3 is 2.80 bits per heavy atom. The molecule has 1 atom stereocenters. The van der Waals surface area contributed by atoms with Gasteiger partial charge in [0.25, 0.3) is 0 Å². The highest BCUT2D eigenvalue weighted by Crippen LogP contribution is 2.23. The molecule has 1 aromatic heterocycles. The molecule has 0 aliphatic heterocycles. The fourth-order valence-corrected chi connectivity index (χ4v) is 2.44. The summed E-state index contributed by atoms with van der Waals surface area (Å²) in [6.07, 6.45) is 0. The molecule has 2 rings (SSSR count). The average molecular weight is 222 g/mol. The Labute approximate surface area is 90.8 Å². The van der Waals surface area contributed by atoms with E-state index in [1.54, 1.807) is 0 Å². The van der Waals surface area contributed by atoms with Crippen LogP contribution in [0.15, 0.2) is 18.2 Å². The van der Waals surface area contributed by atoms with Crippen molar-refractivity contribution in [2.24, 2.45) is 0 Å². The highest BCUT2D eigenvalue weighted by molar-refractivity contribution is 7.78. The van der Waals surface area contributed by atoms with E-state index >= 15 is 0 Å². The van der Waals surface area contributed by atoms with E-state index in [1.807, 2.05) is 32.0 Å². The average Bonchev–Trinajstić information content (AvgIpc) is 2.51. The van der Waals surface area contributed by atoms with E-state index in [1.165, 1.54) is 0 Å². The topological polar surface area (TPSA) is 55.9 Å². The molecular weight excluding hydrogens is 210 g/mol. The maximum absolute atomic E-state index is 10.8. The Balaban J connectivity index is 2.67. The van der Waals surface area contributed by atoms with Gasteiger partial charge in [0.05, 0.1) is 0 Å². The molecule has 15 heavy (non-hydrogen) atoms. The fourth-order valence-electron chi connectivity index (χ4n) is 1.82. The molecule has 80 valence electrons. The number of aromatic nitrogens is 1. The monoisotopic (exact) mass is 222 g/mol. The zero-order valence-electron chi connectivity index (χ0n) is 8.66. The van der Waals surface area contributed by atoms with E-state index < -0.39 is 11.1 Å². The van der Waals surface area contributed by atoms with E-state index in [0.29, 0.717) is 0 Å². The van der Waals surface area contributed by atoms with Crippen LogP contribution in [0.2, 0.25) is 0 Å². The molecule has 0 saturated heterocycles. The Morgan fingerprint density at radius 2 is 2.13 bits per heavy atom. The van der Waals surface area contributed by atoms with Gasteiger partial charge in [0.2, 0.25) is 0 Å². The number of aryl methyl sites for hydroxylation is 2. The third kappa shape index (κ3) is 1.96. The molecule has 0 radical (unpaired) electrons. The van der Waals surface area contributed by atoms with Gasteiger partial charge in [-0.2, -0.15) is 0 Å². The minimum atomic E-state index is -2.04. The van der Waals surface area contributed by atoms with Gasteiger partial charge in [0.15, 0.2) is 0 Å². The summed E-state index contributed by atoms with van der Waals surface area (Å²) in [5.74, 6) is 0.0838. The van der Waals surface area contributed by atoms with Gasteiger partial charge >= 0.3 is 0 Å². The van der Waals surface area contributed by atoms with Crippen LogP contribution < -0.4 is 0 Å². The summed E-state index contributed by atoms with van der Waals surface area (Å²) < 4.78 is 21.5. The molecular formula is C11H12NO2S-. The Kier molecular flexibility index (Phi) is 2.63. The van der Waals surface area contributed by atoms with Crippen LogP contribution in [0.4, 0.5) is 0 Å². The van der Waals surface area contributed by atoms with Crippen LogP contribution in [0, 0.1) is 13.8 Å². The first-order valence-corrected chi connectivity index (χ1v) is 5.96.